The van der Waals surface area contributed by atoms with Gasteiger partial charge < -0.3 is 5.32 Å². The Kier molecular flexibility index (Phi) is 5.58. The summed E-state index contributed by atoms with van der Waals surface area (Å²) in [5.74, 6) is -0.249. The molecule has 1 atom stereocenters. The van der Waals surface area contributed by atoms with E-state index in [0.717, 1.165) is 0 Å². The molecule has 132 valence electrons. The van der Waals surface area contributed by atoms with Crippen LogP contribution >= 0.6 is 46.6 Å². The molecule has 2 aromatic heterocycles. The molecule has 0 saturated heterocycles. The van der Waals surface area contributed by atoms with Gasteiger partial charge in [-0.1, -0.05) is 46.6 Å². The topological polar surface area (TPSA) is 83.1 Å². The second-order valence-corrected chi connectivity index (χ2v) is 7.80. The highest BCUT2D eigenvalue weighted by Crippen LogP contribution is 2.28. The number of anilines is 1. The van der Waals surface area contributed by atoms with Gasteiger partial charge in [0.2, 0.25) is 5.91 Å². The predicted octanol–water partition coefficient (Wildman–Crippen LogP) is 4.68. The summed E-state index contributed by atoms with van der Waals surface area (Å²) in [6.45, 7) is 1.73. The number of fused-ring (bicyclic) bond motifs is 1. The van der Waals surface area contributed by atoms with Gasteiger partial charge in [0.05, 0.1) is 25.9 Å². The quantitative estimate of drug-likeness (QED) is 0.612. The number of rotatable bonds is 4. The van der Waals surface area contributed by atoms with Gasteiger partial charge in [-0.2, -0.15) is 5.26 Å². The Morgan fingerprint density at radius 2 is 2.04 bits per heavy atom. The van der Waals surface area contributed by atoms with Gasteiger partial charge in [0.25, 0.3) is 0 Å². The van der Waals surface area contributed by atoms with Crippen LogP contribution in [0.1, 0.15) is 12.5 Å². The Labute approximate surface area is 168 Å². The monoisotopic (exact) mass is 425 g/mol. The highest BCUT2D eigenvalue weighted by Gasteiger charge is 2.19. The third kappa shape index (κ3) is 3.89. The second kappa shape index (κ2) is 7.72. The molecule has 0 fully saturated rings. The Morgan fingerprint density at radius 1 is 1.27 bits per heavy atom. The number of benzene rings is 1. The largest absolute Gasteiger partial charge is 0.325 e. The van der Waals surface area contributed by atoms with E-state index in [2.05, 4.69) is 15.5 Å². The maximum atomic E-state index is 12.4. The van der Waals surface area contributed by atoms with Crippen molar-refractivity contribution in [2.45, 2.75) is 17.3 Å². The standard InChI is InChI=1S/C16H10Cl3N5OS/c1-8(15(25)21-11-3-2-9(6-20)12(18)5-11)26-16-23-22-14-13(19)4-10(17)7-24(14)16/h2-5,7-8H,1H3,(H,21,25). The van der Waals surface area contributed by atoms with Crippen LogP contribution < -0.4 is 5.32 Å². The Balaban J connectivity index is 1.76. The summed E-state index contributed by atoms with van der Waals surface area (Å²) in [5, 5.41) is 20.8. The summed E-state index contributed by atoms with van der Waals surface area (Å²) >= 11 is 19.3. The SMILES string of the molecule is CC(Sc1nnc2c(Cl)cc(Cl)cn12)C(=O)Nc1ccc(C#N)c(Cl)c1. The van der Waals surface area contributed by atoms with Gasteiger partial charge in [0.1, 0.15) is 6.07 Å². The van der Waals surface area contributed by atoms with Gasteiger partial charge in [0.15, 0.2) is 10.8 Å². The van der Waals surface area contributed by atoms with E-state index < -0.39 is 5.25 Å². The fourth-order valence-corrected chi connectivity index (χ4v) is 3.68. The molecule has 0 saturated carbocycles. The molecule has 2 heterocycles. The lowest BCUT2D eigenvalue weighted by atomic mass is 10.2. The third-order valence-corrected chi connectivity index (χ3v) is 5.26. The first-order valence-corrected chi connectivity index (χ1v) is 9.27. The smallest absolute Gasteiger partial charge is 0.237 e. The summed E-state index contributed by atoms with van der Waals surface area (Å²) in [4.78, 5) is 12.4. The molecular formula is C16H10Cl3N5OS. The average Bonchev–Trinajstić information content (AvgIpc) is 2.98. The summed E-state index contributed by atoms with van der Waals surface area (Å²) in [5.41, 5.74) is 1.31. The van der Waals surface area contributed by atoms with Crippen molar-refractivity contribution in [3.8, 4) is 6.07 Å². The number of nitrogens with zero attached hydrogens (tertiary/aromatic N) is 4. The van der Waals surface area contributed by atoms with Crippen LogP contribution in [0.25, 0.3) is 5.65 Å². The lowest BCUT2D eigenvalue weighted by Gasteiger charge is -2.11. The lowest BCUT2D eigenvalue weighted by Crippen LogP contribution is -2.22. The van der Waals surface area contributed by atoms with Gasteiger partial charge in [-0.25, -0.2) is 0 Å². The van der Waals surface area contributed by atoms with Crippen LogP contribution in [-0.4, -0.2) is 25.8 Å². The summed E-state index contributed by atoms with van der Waals surface area (Å²) in [6, 6.07) is 8.24. The Bertz CT molecular complexity index is 1050. The number of amides is 1. The molecular weight excluding hydrogens is 417 g/mol. The average molecular weight is 427 g/mol. The van der Waals surface area contributed by atoms with Crippen LogP contribution in [0.3, 0.4) is 0 Å². The molecule has 6 nitrogen and oxygen atoms in total. The molecule has 0 radical (unpaired) electrons. The zero-order valence-electron chi connectivity index (χ0n) is 13.2. The summed E-state index contributed by atoms with van der Waals surface area (Å²) in [7, 11) is 0. The van der Waals surface area contributed by atoms with Gasteiger partial charge in [0, 0.05) is 11.9 Å². The van der Waals surface area contributed by atoms with Crippen LogP contribution in [0, 0.1) is 11.3 Å². The molecule has 10 heteroatoms. The van der Waals surface area contributed by atoms with E-state index in [1.165, 1.54) is 17.8 Å². The first-order chi connectivity index (χ1) is 12.4. The van der Waals surface area contributed by atoms with Crippen LogP contribution in [0.15, 0.2) is 35.6 Å². The molecule has 1 amide bonds. The van der Waals surface area contributed by atoms with Crippen molar-refractivity contribution in [2.75, 3.05) is 5.32 Å². The number of halogens is 3. The van der Waals surface area contributed by atoms with E-state index in [4.69, 9.17) is 40.1 Å². The van der Waals surface area contributed by atoms with Crippen LogP contribution in [0.4, 0.5) is 5.69 Å². The van der Waals surface area contributed by atoms with Crippen molar-refractivity contribution in [3.05, 3.63) is 51.1 Å². The Morgan fingerprint density at radius 3 is 2.73 bits per heavy atom. The minimum Gasteiger partial charge on any atom is -0.325 e. The predicted molar refractivity (Wildman–Crippen MR) is 103 cm³/mol. The zero-order valence-corrected chi connectivity index (χ0v) is 16.3. The van der Waals surface area contributed by atoms with Gasteiger partial charge in [-0.15, -0.1) is 10.2 Å². The van der Waals surface area contributed by atoms with Crippen molar-refractivity contribution >= 4 is 63.8 Å². The van der Waals surface area contributed by atoms with Gasteiger partial charge in [-0.05, 0) is 31.2 Å². The minimum absolute atomic E-state index is 0.249. The molecule has 1 N–H and O–H groups in total. The van der Waals surface area contributed by atoms with Gasteiger partial charge in [-0.3, -0.25) is 9.20 Å². The highest BCUT2D eigenvalue weighted by molar-refractivity contribution is 8.00. The van der Waals surface area contributed by atoms with Crippen molar-refractivity contribution in [2.24, 2.45) is 0 Å². The van der Waals surface area contributed by atoms with E-state index in [9.17, 15) is 4.79 Å². The first kappa shape index (κ1) is 18.8. The minimum atomic E-state index is -0.477. The number of nitrogens with one attached hydrogen (secondary N) is 1. The third-order valence-electron chi connectivity index (χ3n) is 3.40. The van der Waals surface area contributed by atoms with Crippen LogP contribution in [0.5, 0.6) is 0 Å². The van der Waals surface area contributed by atoms with E-state index >= 15 is 0 Å². The molecule has 0 bridgehead atoms. The number of hydrogen-bond acceptors (Lipinski definition) is 5. The number of hydrogen-bond donors (Lipinski definition) is 1. The number of thioether (sulfide) groups is 1. The molecule has 3 rings (SSSR count). The molecule has 0 aliphatic rings. The van der Waals surface area contributed by atoms with Crippen LogP contribution in [0.2, 0.25) is 15.1 Å². The molecule has 0 spiro atoms. The second-order valence-electron chi connectivity index (χ2n) is 5.24. The normalized spacial score (nSPS) is 12.0. The van der Waals surface area contributed by atoms with E-state index in [0.29, 0.717) is 32.1 Å². The summed E-state index contributed by atoms with van der Waals surface area (Å²) < 4.78 is 1.64. The van der Waals surface area contributed by atoms with E-state index in [1.54, 1.807) is 35.7 Å². The number of aromatic nitrogens is 3. The highest BCUT2D eigenvalue weighted by atomic mass is 35.5. The van der Waals surface area contributed by atoms with E-state index in [1.807, 2.05) is 6.07 Å². The lowest BCUT2D eigenvalue weighted by molar-refractivity contribution is -0.115. The molecule has 3 aromatic rings. The van der Waals surface area contributed by atoms with Gasteiger partial charge >= 0.3 is 0 Å². The molecule has 1 unspecified atom stereocenters. The summed E-state index contributed by atoms with van der Waals surface area (Å²) in [6.07, 6.45) is 1.64. The van der Waals surface area contributed by atoms with Crippen molar-refractivity contribution in [1.82, 2.24) is 14.6 Å². The van der Waals surface area contributed by atoms with Crippen molar-refractivity contribution < 1.29 is 4.79 Å². The number of carbonyl (C=O) groups is 1. The maximum absolute atomic E-state index is 12.4. The van der Waals surface area contributed by atoms with Crippen LogP contribution in [-0.2, 0) is 4.79 Å². The zero-order chi connectivity index (χ0) is 18.8. The number of pyridine rings is 1. The van der Waals surface area contributed by atoms with Crippen molar-refractivity contribution in [3.63, 3.8) is 0 Å². The van der Waals surface area contributed by atoms with E-state index in [-0.39, 0.29) is 10.9 Å². The number of carbonyl (C=O) groups excluding carboxylic acids is 1. The fourth-order valence-electron chi connectivity index (χ4n) is 2.12. The molecule has 0 aliphatic carbocycles. The van der Waals surface area contributed by atoms with Crippen molar-refractivity contribution in [1.29, 1.82) is 5.26 Å². The Hall–Kier alpha value is -1.98. The maximum Gasteiger partial charge on any atom is 0.237 e. The first-order valence-electron chi connectivity index (χ1n) is 7.26. The molecule has 0 aliphatic heterocycles. The fraction of sp³-hybridized carbons (Fsp3) is 0.125. The number of nitriles is 1. The molecule has 26 heavy (non-hydrogen) atoms. The molecule has 1 aromatic carbocycles.